The highest BCUT2D eigenvalue weighted by Crippen LogP contribution is 2.18. The number of carbonyl (C=O) groups is 1. The number of nitrogens with zero attached hydrogens (tertiary/aromatic N) is 2. The van der Waals surface area contributed by atoms with Gasteiger partial charge in [-0.15, -0.1) is 0 Å². The molecule has 0 aliphatic carbocycles. The van der Waals surface area contributed by atoms with Crippen LogP contribution in [0.3, 0.4) is 0 Å². The fourth-order valence-electron chi connectivity index (χ4n) is 2.53. The van der Waals surface area contributed by atoms with Gasteiger partial charge in [0, 0.05) is 17.4 Å². The molecule has 3 aromatic rings. The molecule has 0 radical (unpaired) electrons. The Morgan fingerprint density at radius 3 is 2.83 bits per heavy atom. The fraction of sp³-hybridized carbons (Fsp3) is 0.235. The lowest BCUT2D eigenvalue weighted by Gasteiger charge is -2.16. The first-order chi connectivity index (χ1) is 11.2. The van der Waals surface area contributed by atoms with E-state index < -0.39 is 0 Å². The van der Waals surface area contributed by atoms with Crippen molar-refractivity contribution < 1.29 is 4.79 Å². The van der Waals surface area contributed by atoms with Gasteiger partial charge in [0.1, 0.15) is 5.82 Å². The number of nitrogens with one attached hydrogen (secondary N) is 2. The largest absolute Gasteiger partial charge is 0.349 e. The van der Waals surface area contributed by atoms with Crippen LogP contribution in [0.1, 0.15) is 30.8 Å². The number of benzene rings is 1. The Bertz CT molecular complexity index is 816. The zero-order valence-electron chi connectivity index (χ0n) is 12.7. The third-order valence-electron chi connectivity index (χ3n) is 3.67. The molecule has 23 heavy (non-hydrogen) atoms. The average molecular weight is 329 g/mol. The number of imidazole rings is 1. The lowest BCUT2D eigenvalue weighted by molar-refractivity contribution is -0.121. The Labute approximate surface area is 139 Å². The van der Waals surface area contributed by atoms with Crippen LogP contribution in [-0.2, 0) is 11.2 Å². The Balaban J connectivity index is 1.70. The quantitative estimate of drug-likeness (QED) is 0.754. The molecular formula is C17H17ClN4O. The summed E-state index contributed by atoms with van der Waals surface area (Å²) >= 11 is 5.96. The summed E-state index contributed by atoms with van der Waals surface area (Å²) in [6, 6.07) is 9.23. The van der Waals surface area contributed by atoms with E-state index in [-0.39, 0.29) is 18.4 Å². The van der Waals surface area contributed by atoms with Crippen LogP contribution in [0.4, 0.5) is 0 Å². The molecule has 0 spiro atoms. The molecule has 1 amide bonds. The standard InChI is InChI=1S/C17H17ClN4O/c1-2-13(11-5-7-19-8-6-11)22-17(23)10-16-20-14-4-3-12(18)9-15(14)21-16/h3-9,13H,2,10H2,1H3,(H,20,21)(H,22,23). The lowest BCUT2D eigenvalue weighted by Crippen LogP contribution is -2.29. The van der Waals surface area contributed by atoms with Gasteiger partial charge in [-0.05, 0) is 42.3 Å². The predicted molar refractivity (Wildman–Crippen MR) is 90.2 cm³/mol. The molecule has 2 aromatic heterocycles. The first-order valence-electron chi connectivity index (χ1n) is 7.49. The molecule has 2 heterocycles. The highest BCUT2D eigenvalue weighted by molar-refractivity contribution is 6.31. The van der Waals surface area contributed by atoms with Crippen molar-refractivity contribution in [2.75, 3.05) is 0 Å². The Kier molecular flexibility index (Phi) is 4.57. The normalized spacial score (nSPS) is 12.3. The molecule has 0 saturated heterocycles. The molecule has 1 atom stereocenters. The van der Waals surface area contributed by atoms with E-state index in [1.807, 2.05) is 25.1 Å². The van der Waals surface area contributed by atoms with Gasteiger partial charge in [-0.1, -0.05) is 18.5 Å². The van der Waals surface area contributed by atoms with E-state index >= 15 is 0 Å². The fourth-order valence-corrected chi connectivity index (χ4v) is 2.70. The number of aromatic amines is 1. The van der Waals surface area contributed by atoms with Gasteiger partial charge < -0.3 is 10.3 Å². The van der Waals surface area contributed by atoms with E-state index in [0.29, 0.717) is 10.8 Å². The number of amides is 1. The molecule has 0 bridgehead atoms. The SMILES string of the molecule is CCC(NC(=O)Cc1nc2ccc(Cl)cc2[nH]1)c1ccncc1. The maximum Gasteiger partial charge on any atom is 0.228 e. The van der Waals surface area contributed by atoms with Crippen molar-refractivity contribution in [3.63, 3.8) is 0 Å². The van der Waals surface area contributed by atoms with Crippen molar-refractivity contribution >= 4 is 28.5 Å². The minimum absolute atomic E-state index is 0.0238. The van der Waals surface area contributed by atoms with Gasteiger partial charge in [0.25, 0.3) is 0 Å². The van der Waals surface area contributed by atoms with Gasteiger partial charge in [-0.3, -0.25) is 9.78 Å². The maximum atomic E-state index is 12.3. The molecule has 0 aliphatic rings. The van der Waals surface area contributed by atoms with E-state index in [2.05, 4.69) is 20.3 Å². The molecule has 118 valence electrons. The molecule has 1 aromatic carbocycles. The van der Waals surface area contributed by atoms with Crippen molar-refractivity contribution in [3.05, 3.63) is 59.1 Å². The van der Waals surface area contributed by atoms with E-state index in [1.54, 1.807) is 24.5 Å². The van der Waals surface area contributed by atoms with Gasteiger partial charge >= 0.3 is 0 Å². The van der Waals surface area contributed by atoms with E-state index in [9.17, 15) is 4.79 Å². The third-order valence-corrected chi connectivity index (χ3v) is 3.91. The van der Waals surface area contributed by atoms with Crippen LogP contribution in [0, 0.1) is 0 Å². The second kappa shape index (κ2) is 6.79. The summed E-state index contributed by atoms with van der Waals surface area (Å²) in [5.41, 5.74) is 2.69. The monoisotopic (exact) mass is 328 g/mol. The number of aromatic nitrogens is 3. The number of halogens is 1. The van der Waals surface area contributed by atoms with Crippen molar-refractivity contribution in [3.8, 4) is 0 Å². The first kappa shape index (κ1) is 15.5. The molecule has 0 aliphatic heterocycles. The number of fused-ring (bicyclic) bond motifs is 1. The number of rotatable bonds is 5. The van der Waals surface area contributed by atoms with Gasteiger partial charge in [-0.2, -0.15) is 0 Å². The summed E-state index contributed by atoms with van der Waals surface area (Å²) in [7, 11) is 0. The molecule has 0 fully saturated rings. The topological polar surface area (TPSA) is 70.7 Å². The van der Waals surface area contributed by atoms with Crippen LogP contribution in [0.25, 0.3) is 11.0 Å². The van der Waals surface area contributed by atoms with Crippen molar-refractivity contribution in [1.82, 2.24) is 20.3 Å². The average Bonchev–Trinajstić information content (AvgIpc) is 2.94. The Morgan fingerprint density at radius 1 is 1.30 bits per heavy atom. The second-order valence-corrected chi connectivity index (χ2v) is 5.77. The number of hydrogen-bond donors (Lipinski definition) is 2. The Hall–Kier alpha value is -2.40. The number of pyridine rings is 1. The van der Waals surface area contributed by atoms with E-state index in [4.69, 9.17) is 11.6 Å². The summed E-state index contributed by atoms with van der Waals surface area (Å²) in [5, 5.41) is 3.67. The summed E-state index contributed by atoms with van der Waals surface area (Å²) in [6.45, 7) is 2.04. The molecule has 3 rings (SSSR count). The van der Waals surface area contributed by atoms with Gasteiger partial charge in [-0.25, -0.2) is 4.98 Å². The van der Waals surface area contributed by atoms with Crippen LogP contribution in [0.5, 0.6) is 0 Å². The molecule has 1 unspecified atom stereocenters. The maximum absolute atomic E-state index is 12.3. The van der Waals surface area contributed by atoms with Crippen LogP contribution in [0.15, 0.2) is 42.7 Å². The second-order valence-electron chi connectivity index (χ2n) is 5.33. The number of hydrogen-bond acceptors (Lipinski definition) is 3. The predicted octanol–water partition coefficient (Wildman–Crippen LogP) is 3.42. The molecule has 6 heteroatoms. The van der Waals surface area contributed by atoms with Gasteiger partial charge in [0.05, 0.1) is 23.5 Å². The van der Waals surface area contributed by atoms with Crippen LogP contribution in [-0.4, -0.2) is 20.9 Å². The zero-order chi connectivity index (χ0) is 16.2. The molecule has 5 nitrogen and oxygen atoms in total. The summed E-state index contributed by atoms with van der Waals surface area (Å²) in [5.74, 6) is 0.558. The summed E-state index contributed by atoms with van der Waals surface area (Å²) in [4.78, 5) is 23.8. The highest BCUT2D eigenvalue weighted by atomic mass is 35.5. The van der Waals surface area contributed by atoms with Crippen molar-refractivity contribution in [1.29, 1.82) is 0 Å². The zero-order valence-corrected chi connectivity index (χ0v) is 13.5. The first-order valence-corrected chi connectivity index (χ1v) is 7.87. The van der Waals surface area contributed by atoms with Crippen LogP contribution >= 0.6 is 11.6 Å². The minimum Gasteiger partial charge on any atom is -0.349 e. The van der Waals surface area contributed by atoms with Crippen LogP contribution < -0.4 is 5.32 Å². The summed E-state index contributed by atoms with van der Waals surface area (Å²) in [6.07, 6.45) is 4.47. The van der Waals surface area contributed by atoms with E-state index in [0.717, 1.165) is 23.0 Å². The molecule has 0 saturated carbocycles. The third kappa shape index (κ3) is 3.68. The molecular weight excluding hydrogens is 312 g/mol. The van der Waals surface area contributed by atoms with Crippen molar-refractivity contribution in [2.45, 2.75) is 25.8 Å². The smallest absolute Gasteiger partial charge is 0.228 e. The number of H-pyrrole nitrogens is 1. The minimum atomic E-state index is -0.0705. The Morgan fingerprint density at radius 2 is 2.09 bits per heavy atom. The number of carbonyl (C=O) groups excluding carboxylic acids is 1. The van der Waals surface area contributed by atoms with Gasteiger partial charge in [0.2, 0.25) is 5.91 Å². The molecule has 2 N–H and O–H groups in total. The van der Waals surface area contributed by atoms with Crippen molar-refractivity contribution in [2.24, 2.45) is 0 Å². The van der Waals surface area contributed by atoms with Gasteiger partial charge in [0.15, 0.2) is 0 Å². The van der Waals surface area contributed by atoms with E-state index in [1.165, 1.54) is 0 Å². The van der Waals surface area contributed by atoms with Crippen LogP contribution in [0.2, 0.25) is 5.02 Å². The summed E-state index contributed by atoms with van der Waals surface area (Å²) < 4.78 is 0. The highest BCUT2D eigenvalue weighted by Gasteiger charge is 2.14. The lowest BCUT2D eigenvalue weighted by atomic mass is 10.1.